The summed E-state index contributed by atoms with van der Waals surface area (Å²) in [6.45, 7) is -0.661. The van der Waals surface area contributed by atoms with Gasteiger partial charge in [0.05, 0.1) is 18.0 Å². The van der Waals surface area contributed by atoms with Crippen LogP contribution in [0, 0.1) is 0 Å². The van der Waals surface area contributed by atoms with E-state index in [4.69, 9.17) is 0 Å². The Kier molecular flexibility index (Phi) is 2.76. The molecule has 0 spiro atoms. The molecule has 0 bridgehead atoms. The van der Waals surface area contributed by atoms with Crippen molar-refractivity contribution in [3.05, 3.63) is 18.5 Å². The maximum Gasteiger partial charge on any atom is 0.245 e. The molecule has 8 heteroatoms. The van der Waals surface area contributed by atoms with Crippen LogP contribution in [0.5, 0.6) is 0 Å². The van der Waals surface area contributed by atoms with Gasteiger partial charge in [0, 0.05) is 19.4 Å². The number of amides is 2. The second kappa shape index (κ2) is 3.97. The molecule has 0 aromatic carbocycles. The summed E-state index contributed by atoms with van der Waals surface area (Å²) in [4.78, 5) is 22.3. The van der Waals surface area contributed by atoms with E-state index >= 15 is 0 Å². The van der Waals surface area contributed by atoms with Crippen molar-refractivity contribution in [1.29, 1.82) is 0 Å². The lowest BCUT2D eigenvalue weighted by Crippen LogP contribution is -2.53. The number of hydrogen-bond acceptors (Lipinski definition) is 4. The third kappa shape index (κ3) is 2.22. The molecular weight excluding hydrogens is 246 g/mol. The van der Waals surface area contributed by atoms with Crippen molar-refractivity contribution in [1.82, 2.24) is 14.2 Å². The number of aromatic nitrogens is 1. The summed E-state index contributed by atoms with van der Waals surface area (Å²) in [6.07, 6.45) is 3.01. The Morgan fingerprint density at radius 3 is 2.29 bits per heavy atom. The molecule has 0 radical (unpaired) electrons. The van der Waals surface area contributed by atoms with Crippen LogP contribution in [0.2, 0.25) is 0 Å². The molecule has 7 nitrogen and oxygen atoms in total. The monoisotopic (exact) mass is 257 g/mol. The number of piperazine rings is 1. The summed E-state index contributed by atoms with van der Waals surface area (Å²) < 4.78 is 26.6. The van der Waals surface area contributed by atoms with Gasteiger partial charge in [0.15, 0.2) is 0 Å². The van der Waals surface area contributed by atoms with Gasteiger partial charge in [-0.3, -0.25) is 14.9 Å². The van der Waals surface area contributed by atoms with Crippen LogP contribution in [0.1, 0.15) is 0 Å². The molecule has 2 heterocycles. The molecule has 2 amide bonds. The SMILES string of the molecule is Cn1ccc(S(=O)(=O)N2CC(=O)NC(=O)C2)c1. The largest absolute Gasteiger partial charge is 0.356 e. The molecule has 2 rings (SSSR count). The smallest absolute Gasteiger partial charge is 0.245 e. The molecule has 1 aromatic heterocycles. The molecule has 0 saturated carbocycles. The second-order valence-corrected chi connectivity index (χ2v) is 5.70. The summed E-state index contributed by atoms with van der Waals surface area (Å²) in [7, 11) is -2.09. The Bertz CT molecular complexity index is 559. The molecule has 1 N–H and O–H groups in total. The summed E-state index contributed by atoms with van der Waals surface area (Å²) in [6, 6.07) is 1.42. The molecule has 1 aromatic rings. The van der Waals surface area contributed by atoms with Crippen molar-refractivity contribution in [3.63, 3.8) is 0 Å². The highest BCUT2D eigenvalue weighted by atomic mass is 32.2. The van der Waals surface area contributed by atoms with E-state index < -0.39 is 21.8 Å². The van der Waals surface area contributed by atoms with Crippen LogP contribution in [0.4, 0.5) is 0 Å². The van der Waals surface area contributed by atoms with Gasteiger partial charge >= 0.3 is 0 Å². The minimum atomic E-state index is -3.78. The molecule has 1 aliphatic heterocycles. The summed E-state index contributed by atoms with van der Waals surface area (Å²) in [5.74, 6) is -1.22. The lowest BCUT2D eigenvalue weighted by Gasteiger charge is -2.24. The minimum absolute atomic E-state index is 0.0718. The van der Waals surface area contributed by atoms with E-state index in [-0.39, 0.29) is 18.0 Å². The number of carbonyl (C=O) groups is 2. The molecule has 17 heavy (non-hydrogen) atoms. The van der Waals surface area contributed by atoms with Gasteiger partial charge < -0.3 is 4.57 Å². The summed E-state index contributed by atoms with van der Waals surface area (Å²) in [5.41, 5.74) is 0. The van der Waals surface area contributed by atoms with Crippen LogP contribution >= 0.6 is 0 Å². The molecule has 0 unspecified atom stereocenters. The average Bonchev–Trinajstić information content (AvgIpc) is 2.64. The molecule has 0 aliphatic carbocycles. The van der Waals surface area contributed by atoms with Crippen LogP contribution in [0.25, 0.3) is 0 Å². The predicted molar refractivity (Wildman–Crippen MR) is 57.3 cm³/mol. The van der Waals surface area contributed by atoms with Crippen molar-refractivity contribution in [2.24, 2.45) is 7.05 Å². The number of aryl methyl sites for hydroxylation is 1. The second-order valence-electron chi connectivity index (χ2n) is 3.76. The number of nitrogens with one attached hydrogen (secondary N) is 1. The van der Waals surface area contributed by atoms with Crippen molar-refractivity contribution in [2.45, 2.75) is 4.90 Å². The highest BCUT2D eigenvalue weighted by Gasteiger charge is 2.33. The zero-order chi connectivity index (χ0) is 12.6. The molecule has 92 valence electrons. The standard InChI is InChI=1S/C9H11N3O4S/c1-11-3-2-7(4-11)17(15,16)12-5-8(13)10-9(14)6-12/h2-4H,5-6H2,1H3,(H,10,13,14). The highest BCUT2D eigenvalue weighted by molar-refractivity contribution is 7.89. The van der Waals surface area contributed by atoms with E-state index in [0.29, 0.717) is 0 Å². The average molecular weight is 257 g/mol. The van der Waals surface area contributed by atoms with Gasteiger partial charge in [-0.25, -0.2) is 8.42 Å². The number of nitrogens with zero attached hydrogens (tertiary/aromatic N) is 2. The van der Waals surface area contributed by atoms with Crippen LogP contribution in [0.3, 0.4) is 0 Å². The fraction of sp³-hybridized carbons (Fsp3) is 0.333. The topological polar surface area (TPSA) is 88.5 Å². The first-order valence-corrected chi connectivity index (χ1v) is 6.28. The Hall–Kier alpha value is -1.67. The van der Waals surface area contributed by atoms with Gasteiger partial charge in [0.25, 0.3) is 0 Å². The first-order chi connectivity index (χ1) is 7.89. The number of rotatable bonds is 2. The van der Waals surface area contributed by atoms with Crippen molar-refractivity contribution >= 4 is 21.8 Å². The summed E-state index contributed by atoms with van der Waals surface area (Å²) >= 11 is 0. The molecule has 0 atom stereocenters. The van der Waals surface area contributed by atoms with Crippen LogP contribution in [-0.2, 0) is 26.7 Å². The summed E-state index contributed by atoms with van der Waals surface area (Å²) in [5, 5.41) is 2.05. The first-order valence-electron chi connectivity index (χ1n) is 4.84. The van der Waals surface area contributed by atoms with Gasteiger partial charge in [-0.15, -0.1) is 0 Å². The van der Waals surface area contributed by atoms with Gasteiger partial charge in [-0.1, -0.05) is 0 Å². The van der Waals surface area contributed by atoms with E-state index in [9.17, 15) is 18.0 Å². The number of carbonyl (C=O) groups excluding carboxylic acids is 2. The number of hydrogen-bond donors (Lipinski definition) is 1. The van der Waals surface area contributed by atoms with Crippen LogP contribution < -0.4 is 5.32 Å². The number of sulfonamides is 1. The van der Waals surface area contributed by atoms with Crippen LogP contribution in [-0.4, -0.2) is 42.2 Å². The maximum atomic E-state index is 12.1. The fourth-order valence-electron chi connectivity index (χ4n) is 1.56. The molecule has 1 saturated heterocycles. The fourth-order valence-corrected chi connectivity index (χ4v) is 2.97. The third-order valence-electron chi connectivity index (χ3n) is 2.36. The molecule has 1 fully saturated rings. The lowest BCUT2D eigenvalue weighted by atomic mass is 10.4. The zero-order valence-corrected chi connectivity index (χ0v) is 9.90. The van der Waals surface area contributed by atoms with E-state index in [1.165, 1.54) is 12.3 Å². The Morgan fingerprint density at radius 1 is 1.24 bits per heavy atom. The van der Waals surface area contributed by atoms with Crippen molar-refractivity contribution in [3.8, 4) is 0 Å². The quantitative estimate of drug-likeness (QED) is 0.665. The minimum Gasteiger partial charge on any atom is -0.356 e. The normalized spacial score (nSPS) is 18.2. The number of imide groups is 1. The maximum absolute atomic E-state index is 12.1. The Morgan fingerprint density at radius 2 is 1.82 bits per heavy atom. The van der Waals surface area contributed by atoms with Gasteiger partial charge in [-0.2, -0.15) is 4.31 Å². The van der Waals surface area contributed by atoms with E-state index in [1.54, 1.807) is 17.8 Å². The molecule has 1 aliphatic rings. The molecular formula is C9H11N3O4S. The first kappa shape index (κ1) is 11.8. The predicted octanol–water partition coefficient (Wildman–Crippen LogP) is -1.33. The van der Waals surface area contributed by atoms with E-state index in [0.717, 1.165) is 4.31 Å². The Balaban J connectivity index is 2.33. The van der Waals surface area contributed by atoms with Gasteiger partial charge in [-0.05, 0) is 6.07 Å². The lowest BCUT2D eigenvalue weighted by molar-refractivity contribution is -0.134. The van der Waals surface area contributed by atoms with Crippen molar-refractivity contribution in [2.75, 3.05) is 13.1 Å². The van der Waals surface area contributed by atoms with E-state index in [1.807, 2.05) is 5.32 Å². The third-order valence-corrected chi connectivity index (χ3v) is 4.14. The highest BCUT2D eigenvalue weighted by Crippen LogP contribution is 2.16. The van der Waals surface area contributed by atoms with E-state index in [2.05, 4.69) is 0 Å². The van der Waals surface area contributed by atoms with Gasteiger partial charge in [0.2, 0.25) is 21.8 Å². The van der Waals surface area contributed by atoms with Gasteiger partial charge in [0.1, 0.15) is 0 Å². The van der Waals surface area contributed by atoms with Crippen LogP contribution in [0.15, 0.2) is 23.4 Å². The zero-order valence-electron chi connectivity index (χ0n) is 9.08. The van der Waals surface area contributed by atoms with Crippen molar-refractivity contribution < 1.29 is 18.0 Å². The Labute approximate surface area is 98.1 Å².